The Labute approximate surface area is 238 Å². The van der Waals surface area contributed by atoms with Crippen LogP contribution in [0, 0.1) is 11.6 Å². The molecule has 2 aliphatic rings. The Balaban J connectivity index is 1.46. The van der Waals surface area contributed by atoms with Crippen molar-refractivity contribution in [1.29, 1.82) is 0 Å². The van der Waals surface area contributed by atoms with Crippen molar-refractivity contribution in [2.45, 2.75) is 31.4 Å². The fourth-order valence-electron chi connectivity index (χ4n) is 4.92. The molecule has 2 aromatic carbocycles. The van der Waals surface area contributed by atoms with Gasteiger partial charge in [0.1, 0.15) is 11.9 Å². The number of hydrogen-bond donors (Lipinski definition) is 2. The van der Waals surface area contributed by atoms with Crippen molar-refractivity contribution in [2.24, 2.45) is 0 Å². The molecule has 13 heteroatoms. The molecule has 2 atom stereocenters. The highest BCUT2D eigenvalue weighted by atomic mass is 35.5. The average molecular weight is 587 g/mol. The molecule has 3 heterocycles. The van der Waals surface area contributed by atoms with Crippen LogP contribution in [-0.2, 0) is 14.2 Å². The van der Waals surface area contributed by atoms with Crippen LogP contribution in [-0.4, -0.2) is 48.4 Å². The van der Waals surface area contributed by atoms with Crippen molar-refractivity contribution < 1.29 is 37.4 Å². The molecule has 0 spiro atoms. The van der Waals surface area contributed by atoms with E-state index in [2.05, 4.69) is 20.4 Å². The van der Waals surface area contributed by atoms with Crippen molar-refractivity contribution in [2.75, 3.05) is 30.9 Å². The molecule has 214 valence electrons. The number of halogens is 3. The van der Waals surface area contributed by atoms with E-state index in [-0.39, 0.29) is 30.2 Å². The molecule has 0 saturated carbocycles. The van der Waals surface area contributed by atoms with Crippen molar-refractivity contribution in [1.82, 2.24) is 9.88 Å². The number of rotatable bonds is 3. The Bertz CT molecular complexity index is 1510. The second-order valence-corrected chi connectivity index (χ2v) is 9.78. The zero-order chi connectivity index (χ0) is 29.1. The first-order chi connectivity index (χ1) is 19.7. The predicted molar refractivity (Wildman–Crippen MR) is 145 cm³/mol. The van der Waals surface area contributed by atoms with E-state index in [1.165, 1.54) is 12.0 Å². The molecule has 41 heavy (non-hydrogen) atoms. The van der Waals surface area contributed by atoms with E-state index in [4.69, 9.17) is 21.1 Å². The second kappa shape index (κ2) is 12.0. The van der Waals surface area contributed by atoms with Gasteiger partial charge < -0.3 is 14.2 Å². The molecule has 3 aromatic rings. The van der Waals surface area contributed by atoms with E-state index in [1.807, 2.05) is 0 Å². The lowest BCUT2D eigenvalue weighted by Gasteiger charge is -2.37. The summed E-state index contributed by atoms with van der Waals surface area (Å²) < 4.78 is 44.6. The lowest BCUT2D eigenvalue weighted by Crippen LogP contribution is -2.42. The van der Waals surface area contributed by atoms with E-state index in [0.29, 0.717) is 41.0 Å². The largest absolute Gasteiger partial charge is 0.453 e. The van der Waals surface area contributed by atoms with Crippen LogP contribution in [0.1, 0.15) is 42.7 Å². The number of aromatic nitrogens is 1. The van der Waals surface area contributed by atoms with Gasteiger partial charge in [0.05, 0.1) is 41.7 Å². The molecule has 10 nitrogen and oxygen atoms in total. The third-order valence-corrected chi connectivity index (χ3v) is 7.16. The highest BCUT2D eigenvalue weighted by Crippen LogP contribution is 2.38. The lowest BCUT2D eigenvalue weighted by atomic mass is 9.98. The first-order valence-corrected chi connectivity index (χ1v) is 13.1. The quantitative estimate of drug-likeness (QED) is 0.255. The number of carbonyl (C=O) groups excluding carboxylic acids is 3. The number of cyclic esters (lactones) is 2. The molecule has 2 bridgehead atoms. The summed E-state index contributed by atoms with van der Waals surface area (Å²) >= 11 is 5.84. The van der Waals surface area contributed by atoms with Gasteiger partial charge in [0.25, 0.3) is 0 Å². The first kappa shape index (κ1) is 28.1. The Morgan fingerprint density at radius 1 is 1.17 bits per heavy atom. The van der Waals surface area contributed by atoms with Crippen molar-refractivity contribution in [3.05, 3.63) is 76.6 Å². The van der Waals surface area contributed by atoms with Crippen molar-refractivity contribution in [3.63, 3.8) is 0 Å². The van der Waals surface area contributed by atoms with E-state index in [9.17, 15) is 23.2 Å². The van der Waals surface area contributed by atoms with Gasteiger partial charge in [0.15, 0.2) is 5.82 Å². The minimum atomic E-state index is -1.14. The number of amides is 3. The van der Waals surface area contributed by atoms with Crippen LogP contribution in [0.5, 0.6) is 0 Å². The summed E-state index contributed by atoms with van der Waals surface area (Å²) in [5, 5.41) is 4.99. The molecule has 2 aliphatic heterocycles. The smallest absolute Gasteiger partial charge is 0.411 e. The normalized spacial score (nSPS) is 19.0. The summed E-state index contributed by atoms with van der Waals surface area (Å²) in [4.78, 5) is 43.4. The number of nitrogens with one attached hydrogen (secondary N) is 2. The predicted octanol–water partition coefficient (Wildman–Crippen LogP) is 6.83. The Kier molecular flexibility index (Phi) is 8.20. The molecule has 5 rings (SSSR count). The Morgan fingerprint density at radius 2 is 2.00 bits per heavy atom. The minimum Gasteiger partial charge on any atom is -0.453 e. The van der Waals surface area contributed by atoms with Crippen molar-refractivity contribution in [3.8, 4) is 11.1 Å². The standard InChI is InChI=1S/C28H25ClF2N4O6/c1-39-26(36)33-16-4-5-17-15-8-10-32-21(13-15)22(3-2-12-40-27(37)34-20(17)14-16)35-11-9-23(41-28(35)38)24-19(30)7-6-18(29)25(24)31/h4-8,10,13-14,22-23H,2-3,9,11-12H2,1H3,(H,33,36)(H,34,37)/t22?,23-/m1/s1. The second-order valence-electron chi connectivity index (χ2n) is 9.38. The van der Waals surface area contributed by atoms with Gasteiger partial charge in [0.2, 0.25) is 0 Å². The van der Waals surface area contributed by atoms with Crippen LogP contribution >= 0.6 is 11.6 Å². The summed E-state index contributed by atoms with van der Waals surface area (Å²) in [7, 11) is 1.24. The number of anilines is 2. The number of benzene rings is 2. The van der Waals surface area contributed by atoms with E-state index < -0.39 is 42.1 Å². The molecule has 1 aromatic heterocycles. The monoisotopic (exact) mass is 586 g/mol. The highest BCUT2D eigenvalue weighted by molar-refractivity contribution is 6.30. The molecule has 2 N–H and O–H groups in total. The molecule has 0 aliphatic carbocycles. The van der Waals surface area contributed by atoms with Crippen LogP contribution in [0.25, 0.3) is 11.1 Å². The van der Waals surface area contributed by atoms with Crippen LogP contribution in [0.15, 0.2) is 48.7 Å². The lowest BCUT2D eigenvalue weighted by molar-refractivity contribution is 0.00426. The van der Waals surface area contributed by atoms with Crippen LogP contribution in [0.3, 0.4) is 0 Å². The van der Waals surface area contributed by atoms with Gasteiger partial charge in [-0.2, -0.15) is 0 Å². The van der Waals surface area contributed by atoms with Gasteiger partial charge in [-0.1, -0.05) is 17.7 Å². The third kappa shape index (κ3) is 6.02. The number of fused-ring (bicyclic) bond motifs is 4. The summed E-state index contributed by atoms with van der Waals surface area (Å²) in [6, 6.07) is 10.00. The maximum atomic E-state index is 14.6. The molecule has 0 radical (unpaired) electrons. The average Bonchev–Trinajstić information content (AvgIpc) is 2.95. The highest BCUT2D eigenvalue weighted by Gasteiger charge is 2.37. The van der Waals surface area contributed by atoms with E-state index in [1.54, 1.807) is 36.5 Å². The zero-order valence-electron chi connectivity index (χ0n) is 21.8. The van der Waals surface area contributed by atoms with Gasteiger partial charge in [-0.3, -0.25) is 20.5 Å². The first-order valence-electron chi connectivity index (χ1n) is 12.7. The molecule has 1 fully saturated rings. The van der Waals surface area contributed by atoms with Gasteiger partial charge in [-0.25, -0.2) is 23.2 Å². The molecular weight excluding hydrogens is 562 g/mol. The summed E-state index contributed by atoms with van der Waals surface area (Å²) in [6.45, 7) is 0.174. The van der Waals surface area contributed by atoms with Crippen LogP contribution in [0.2, 0.25) is 5.02 Å². The minimum absolute atomic E-state index is 0.0436. The molecule has 3 amide bonds. The summed E-state index contributed by atoms with van der Waals surface area (Å²) in [5.41, 5.74) is 2.19. The van der Waals surface area contributed by atoms with E-state index in [0.717, 1.165) is 12.1 Å². The maximum absolute atomic E-state index is 14.6. The molecule has 1 saturated heterocycles. The number of carbonyl (C=O) groups is 3. The number of hydrogen-bond acceptors (Lipinski definition) is 7. The number of ether oxygens (including phenoxy) is 3. The molecule has 1 unspecified atom stereocenters. The summed E-state index contributed by atoms with van der Waals surface area (Å²) in [5.74, 6) is -1.81. The van der Waals surface area contributed by atoms with Crippen LogP contribution < -0.4 is 10.6 Å². The van der Waals surface area contributed by atoms with Crippen molar-refractivity contribution >= 4 is 41.3 Å². The maximum Gasteiger partial charge on any atom is 0.411 e. The van der Waals surface area contributed by atoms with Crippen LogP contribution in [0.4, 0.5) is 34.5 Å². The Morgan fingerprint density at radius 3 is 2.78 bits per heavy atom. The fraction of sp³-hybridized carbons (Fsp3) is 0.286. The van der Waals surface area contributed by atoms with Gasteiger partial charge in [-0.15, -0.1) is 0 Å². The van der Waals surface area contributed by atoms with Gasteiger partial charge in [-0.05, 0) is 54.8 Å². The number of pyridine rings is 1. The Hall–Kier alpha value is -4.45. The number of nitrogens with zero attached hydrogens (tertiary/aromatic N) is 2. The summed E-state index contributed by atoms with van der Waals surface area (Å²) in [6.07, 6.45) is -0.820. The third-order valence-electron chi connectivity index (χ3n) is 6.86. The van der Waals surface area contributed by atoms with Gasteiger partial charge >= 0.3 is 18.3 Å². The SMILES string of the molecule is COC(=O)Nc1ccc2c(c1)NC(=O)OCCCC(N1CC[C@H](c3c(F)ccc(Cl)c3F)OC1=O)c1cc-2ccn1. The fourth-order valence-corrected chi connectivity index (χ4v) is 5.08. The topological polar surface area (TPSA) is 119 Å². The molecular formula is C28H25ClF2N4O6. The number of methoxy groups -OCH3 is 1. The zero-order valence-corrected chi connectivity index (χ0v) is 22.5. The van der Waals surface area contributed by atoms with E-state index >= 15 is 0 Å². The van der Waals surface area contributed by atoms with Gasteiger partial charge in [0, 0.05) is 30.4 Å².